The molecule has 0 spiro atoms. The molecule has 0 saturated heterocycles. The van der Waals surface area contributed by atoms with Crippen LogP contribution in [0.5, 0.6) is 0 Å². The van der Waals surface area contributed by atoms with Crippen molar-refractivity contribution in [2.45, 2.75) is 17.2 Å². The van der Waals surface area contributed by atoms with Crippen molar-refractivity contribution in [1.82, 2.24) is 0 Å². The fraction of sp³-hybridized carbons (Fsp3) is 0.222. The summed E-state index contributed by atoms with van der Waals surface area (Å²) in [7, 11) is 0. The minimum Gasteiger partial charge on any atom is -0.211 e. The molecule has 0 amide bonds. The first-order chi connectivity index (χ1) is 6.72. The molecule has 0 N–H and O–H groups in total. The van der Waals surface area contributed by atoms with E-state index in [-0.39, 0.29) is 6.54 Å². The molecular weight excluding hydrogens is 208 g/mol. The first kappa shape index (κ1) is 10.9. The Morgan fingerprint density at radius 3 is 2.93 bits per heavy atom. The van der Waals surface area contributed by atoms with Crippen LogP contribution >= 0.6 is 11.8 Å². The van der Waals surface area contributed by atoms with Crippen LogP contribution in [0.4, 0.5) is 8.78 Å². The zero-order valence-corrected chi connectivity index (χ0v) is 7.93. The second-order valence-corrected chi connectivity index (χ2v) is 3.50. The minimum absolute atomic E-state index is 0.182. The topological polar surface area (TPSA) is 29.4 Å². The van der Waals surface area contributed by atoms with Crippen molar-refractivity contribution in [3.05, 3.63) is 29.8 Å². The van der Waals surface area contributed by atoms with Crippen LogP contribution in [0.2, 0.25) is 0 Å². The van der Waals surface area contributed by atoms with Crippen LogP contribution in [0.1, 0.15) is 5.56 Å². The highest BCUT2D eigenvalue weighted by Crippen LogP contribution is 2.25. The molecule has 14 heavy (non-hydrogen) atoms. The van der Waals surface area contributed by atoms with Crippen molar-refractivity contribution >= 4 is 17.8 Å². The molecule has 1 aromatic carbocycles. The number of hydrogen-bond acceptors (Lipinski definition) is 3. The van der Waals surface area contributed by atoms with E-state index in [1.54, 1.807) is 24.3 Å². The Morgan fingerprint density at radius 2 is 2.29 bits per heavy atom. The van der Waals surface area contributed by atoms with Gasteiger partial charge in [-0.3, -0.25) is 0 Å². The summed E-state index contributed by atoms with van der Waals surface area (Å²) in [6, 6.07) is 6.54. The van der Waals surface area contributed by atoms with E-state index in [4.69, 9.17) is 0 Å². The van der Waals surface area contributed by atoms with Crippen molar-refractivity contribution in [3.8, 4) is 0 Å². The third-order valence-corrected chi connectivity index (χ3v) is 2.15. The summed E-state index contributed by atoms with van der Waals surface area (Å²) in [4.78, 5) is 13.7. The molecular formula is C9H7F2NOS. The zero-order valence-electron chi connectivity index (χ0n) is 7.11. The van der Waals surface area contributed by atoms with Gasteiger partial charge in [0.2, 0.25) is 6.08 Å². The lowest BCUT2D eigenvalue weighted by Gasteiger charge is -2.01. The van der Waals surface area contributed by atoms with Gasteiger partial charge in [0.15, 0.2) is 0 Å². The van der Waals surface area contributed by atoms with Gasteiger partial charge in [-0.25, -0.2) is 9.79 Å². The van der Waals surface area contributed by atoms with Gasteiger partial charge in [-0.05, 0) is 17.7 Å². The summed E-state index contributed by atoms with van der Waals surface area (Å²) < 4.78 is 24.0. The summed E-state index contributed by atoms with van der Waals surface area (Å²) >= 11 is 0.473. The summed E-state index contributed by atoms with van der Waals surface area (Å²) in [6.07, 6.45) is 1.40. The van der Waals surface area contributed by atoms with E-state index >= 15 is 0 Å². The Bertz CT molecular complexity index is 350. The Kier molecular flexibility index (Phi) is 4.29. The standard InChI is InChI=1S/C9H7F2NOS/c10-9(11)14-8-3-1-2-7(4-8)5-12-6-13/h1-4,9H,5H2. The lowest BCUT2D eigenvalue weighted by atomic mass is 10.2. The third kappa shape index (κ3) is 3.68. The summed E-state index contributed by atoms with van der Waals surface area (Å²) in [5.74, 6) is -2.43. The fourth-order valence-corrected chi connectivity index (χ4v) is 1.53. The molecule has 1 rings (SSSR count). The maximum atomic E-state index is 12.0. The normalized spacial score (nSPS) is 9.93. The number of rotatable bonds is 4. The molecule has 5 heteroatoms. The zero-order chi connectivity index (χ0) is 10.4. The Balaban J connectivity index is 2.73. The average molecular weight is 215 g/mol. The Morgan fingerprint density at radius 1 is 1.50 bits per heavy atom. The van der Waals surface area contributed by atoms with Gasteiger partial charge < -0.3 is 0 Å². The molecule has 0 bridgehead atoms. The van der Waals surface area contributed by atoms with E-state index in [1.165, 1.54) is 6.08 Å². The lowest BCUT2D eigenvalue weighted by Crippen LogP contribution is -1.85. The van der Waals surface area contributed by atoms with Gasteiger partial charge in [-0.2, -0.15) is 8.78 Å². The number of isocyanates is 1. The van der Waals surface area contributed by atoms with E-state index in [0.717, 1.165) is 5.56 Å². The van der Waals surface area contributed by atoms with Crippen LogP contribution in [0.25, 0.3) is 0 Å². The van der Waals surface area contributed by atoms with E-state index in [1.807, 2.05) is 0 Å². The third-order valence-electron chi connectivity index (χ3n) is 1.45. The number of alkyl halides is 2. The number of hydrogen-bond donors (Lipinski definition) is 0. The number of aliphatic imine (C=N–C) groups is 1. The molecule has 0 atom stereocenters. The second kappa shape index (κ2) is 5.52. The molecule has 0 aliphatic heterocycles. The minimum atomic E-state index is -2.43. The lowest BCUT2D eigenvalue weighted by molar-refractivity contribution is 0.252. The smallest absolute Gasteiger partial charge is 0.211 e. The highest BCUT2D eigenvalue weighted by Gasteiger charge is 2.04. The Hall–Kier alpha value is -1.19. The van der Waals surface area contributed by atoms with Crippen molar-refractivity contribution in [3.63, 3.8) is 0 Å². The molecule has 0 unspecified atom stereocenters. The molecule has 1 aromatic rings. The van der Waals surface area contributed by atoms with Crippen LogP contribution < -0.4 is 0 Å². The van der Waals surface area contributed by atoms with Crippen LogP contribution in [0.3, 0.4) is 0 Å². The fourth-order valence-electron chi connectivity index (χ4n) is 0.944. The van der Waals surface area contributed by atoms with Crippen LogP contribution in [-0.2, 0) is 11.3 Å². The quantitative estimate of drug-likeness (QED) is 0.439. The van der Waals surface area contributed by atoms with Gasteiger partial charge in [0.05, 0.1) is 6.54 Å². The van der Waals surface area contributed by atoms with Crippen molar-refractivity contribution in [1.29, 1.82) is 0 Å². The summed E-state index contributed by atoms with van der Waals surface area (Å²) in [5, 5.41) is 0. The second-order valence-electron chi connectivity index (χ2n) is 2.43. The number of benzene rings is 1. The predicted molar refractivity (Wildman–Crippen MR) is 50.1 cm³/mol. The maximum absolute atomic E-state index is 12.0. The molecule has 0 heterocycles. The Labute approximate surface area is 84.0 Å². The van der Waals surface area contributed by atoms with Crippen molar-refractivity contribution < 1.29 is 13.6 Å². The largest absolute Gasteiger partial charge is 0.288 e. The van der Waals surface area contributed by atoms with Crippen molar-refractivity contribution in [2.75, 3.05) is 0 Å². The highest BCUT2D eigenvalue weighted by molar-refractivity contribution is 7.99. The number of nitrogens with zero attached hydrogens (tertiary/aromatic N) is 1. The van der Waals surface area contributed by atoms with Crippen molar-refractivity contribution in [2.24, 2.45) is 4.99 Å². The van der Waals surface area contributed by atoms with Gasteiger partial charge in [0.1, 0.15) is 0 Å². The molecule has 0 fully saturated rings. The first-order valence-electron chi connectivity index (χ1n) is 3.80. The van der Waals surface area contributed by atoms with E-state index < -0.39 is 5.76 Å². The summed E-state index contributed by atoms with van der Waals surface area (Å²) in [6.45, 7) is 0.182. The number of carbonyl (C=O) groups excluding carboxylic acids is 1. The van der Waals surface area contributed by atoms with Gasteiger partial charge in [0.25, 0.3) is 5.76 Å². The van der Waals surface area contributed by atoms with Gasteiger partial charge in [-0.1, -0.05) is 23.9 Å². The monoisotopic (exact) mass is 215 g/mol. The van der Waals surface area contributed by atoms with E-state index in [2.05, 4.69) is 4.99 Å². The van der Waals surface area contributed by atoms with Crippen LogP contribution in [0.15, 0.2) is 34.2 Å². The molecule has 0 aliphatic carbocycles. The van der Waals surface area contributed by atoms with Gasteiger partial charge in [0, 0.05) is 4.90 Å². The molecule has 0 saturated carbocycles. The molecule has 2 nitrogen and oxygen atoms in total. The summed E-state index contributed by atoms with van der Waals surface area (Å²) in [5.41, 5.74) is 0.721. The predicted octanol–water partition coefficient (Wildman–Crippen LogP) is 2.84. The van der Waals surface area contributed by atoms with E-state index in [0.29, 0.717) is 16.7 Å². The molecule has 0 aromatic heterocycles. The molecule has 74 valence electrons. The van der Waals surface area contributed by atoms with Crippen LogP contribution in [-0.4, -0.2) is 11.8 Å². The van der Waals surface area contributed by atoms with Crippen LogP contribution in [0, 0.1) is 0 Å². The maximum Gasteiger partial charge on any atom is 0.288 e. The number of halogens is 2. The first-order valence-corrected chi connectivity index (χ1v) is 4.67. The van der Waals surface area contributed by atoms with Gasteiger partial charge >= 0.3 is 0 Å². The SMILES string of the molecule is O=C=NCc1cccc(SC(F)F)c1. The average Bonchev–Trinajstić information content (AvgIpc) is 2.14. The highest BCUT2D eigenvalue weighted by atomic mass is 32.2. The molecule has 0 aliphatic rings. The number of thioether (sulfide) groups is 1. The molecule has 0 radical (unpaired) electrons. The van der Waals surface area contributed by atoms with E-state index in [9.17, 15) is 13.6 Å². The van der Waals surface area contributed by atoms with Gasteiger partial charge in [-0.15, -0.1) is 0 Å².